The zero-order chi connectivity index (χ0) is 18.6. The first-order chi connectivity index (χ1) is 12.5. The molecule has 0 spiro atoms. The highest BCUT2D eigenvalue weighted by Gasteiger charge is 2.30. The summed E-state index contributed by atoms with van der Waals surface area (Å²) in [5.41, 5.74) is 1.06. The molecular weight excluding hydrogens is 350 g/mol. The van der Waals surface area contributed by atoms with Crippen LogP contribution in [0, 0.1) is 0 Å². The van der Waals surface area contributed by atoms with Gasteiger partial charge in [0.05, 0.1) is 24.9 Å². The molecule has 1 aliphatic rings. The van der Waals surface area contributed by atoms with Gasteiger partial charge in [0.2, 0.25) is 0 Å². The van der Waals surface area contributed by atoms with Crippen molar-refractivity contribution in [1.82, 2.24) is 4.90 Å². The van der Waals surface area contributed by atoms with E-state index in [1.807, 2.05) is 24.3 Å². The molecule has 3 rings (SSSR count). The number of likely N-dealkylation sites (tertiary alicyclic amines) is 1. The molecule has 0 N–H and O–H groups in total. The van der Waals surface area contributed by atoms with E-state index < -0.39 is 9.84 Å². The van der Waals surface area contributed by atoms with Crippen LogP contribution in [0.2, 0.25) is 0 Å². The number of ether oxygens (including phenoxy) is 2. The fraction of sp³-hybridized carbons (Fsp3) is 0.400. The number of hydrogen-bond donors (Lipinski definition) is 0. The Bertz CT molecular complexity index is 836. The van der Waals surface area contributed by atoms with E-state index in [-0.39, 0.29) is 11.8 Å². The zero-order valence-corrected chi connectivity index (χ0v) is 16.0. The molecule has 2 aromatic carbocycles. The Labute approximate surface area is 155 Å². The third-order valence-corrected chi connectivity index (χ3v) is 6.62. The summed E-state index contributed by atoms with van der Waals surface area (Å²) in [5, 5.41) is 0. The molecule has 0 aromatic heterocycles. The summed E-state index contributed by atoms with van der Waals surface area (Å²) in [4.78, 5) is 2.62. The molecule has 0 aliphatic carbocycles. The third kappa shape index (κ3) is 4.02. The highest BCUT2D eigenvalue weighted by molar-refractivity contribution is 7.91. The van der Waals surface area contributed by atoms with Crippen LogP contribution in [0.5, 0.6) is 11.5 Å². The lowest BCUT2D eigenvalue weighted by atomic mass is 10.0. The van der Waals surface area contributed by atoms with Gasteiger partial charge in [-0.15, -0.1) is 0 Å². The lowest BCUT2D eigenvalue weighted by molar-refractivity contribution is 0.264. The molecule has 5 nitrogen and oxygen atoms in total. The van der Waals surface area contributed by atoms with E-state index in [0.29, 0.717) is 11.4 Å². The maximum atomic E-state index is 12.6. The van der Waals surface area contributed by atoms with Crippen molar-refractivity contribution in [3.63, 3.8) is 0 Å². The number of methoxy groups -OCH3 is 2. The van der Waals surface area contributed by atoms with Gasteiger partial charge >= 0.3 is 0 Å². The molecule has 1 atom stereocenters. The number of hydrogen-bond acceptors (Lipinski definition) is 5. The van der Waals surface area contributed by atoms with E-state index in [2.05, 4.69) is 4.90 Å². The summed E-state index contributed by atoms with van der Waals surface area (Å²) in [6.45, 7) is 1.39. The first-order valence-electron chi connectivity index (χ1n) is 8.79. The Balaban J connectivity index is 1.77. The van der Waals surface area contributed by atoms with Gasteiger partial charge in [-0.05, 0) is 49.7 Å². The molecule has 1 heterocycles. The lowest BCUT2D eigenvalue weighted by Crippen LogP contribution is -2.29. The number of rotatable bonds is 7. The Morgan fingerprint density at radius 3 is 2.54 bits per heavy atom. The Morgan fingerprint density at radius 1 is 1.08 bits per heavy atom. The number of nitrogens with zero attached hydrogens (tertiary/aromatic N) is 1. The minimum Gasteiger partial charge on any atom is -0.497 e. The monoisotopic (exact) mass is 375 g/mol. The van der Waals surface area contributed by atoms with E-state index in [9.17, 15) is 8.42 Å². The summed E-state index contributed by atoms with van der Waals surface area (Å²) >= 11 is 0. The average molecular weight is 375 g/mol. The van der Waals surface area contributed by atoms with Gasteiger partial charge < -0.3 is 9.47 Å². The van der Waals surface area contributed by atoms with Crippen molar-refractivity contribution in [1.29, 1.82) is 0 Å². The first-order valence-corrected chi connectivity index (χ1v) is 10.4. The van der Waals surface area contributed by atoms with Crippen LogP contribution in [0.15, 0.2) is 53.4 Å². The van der Waals surface area contributed by atoms with Crippen molar-refractivity contribution in [2.45, 2.75) is 23.8 Å². The molecule has 1 aliphatic heterocycles. The minimum atomic E-state index is -3.28. The molecule has 0 amide bonds. The van der Waals surface area contributed by atoms with Crippen LogP contribution in [0.25, 0.3) is 0 Å². The molecule has 2 aromatic rings. The van der Waals surface area contributed by atoms with E-state index in [4.69, 9.17) is 9.47 Å². The molecule has 0 saturated carbocycles. The second-order valence-electron chi connectivity index (χ2n) is 6.43. The normalized spacial score (nSPS) is 18.0. The fourth-order valence-corrected chi connectivity index (χ4v) is 4.81. The molecule has 26 heavy (non-hydrogen) atoms. The molecule has 1 saturated heterocycles. The number of benzene rings is 2. The summed E-state index contributed by atoms with van der Waals surface area (Å²) < 4.78 is 36.0. The molecular formula is C20H25NO4S. The quantitative estimate of drug-likeness (QED) is 0.743. The Hall–Kier alpha value is -2.05. The van der Waals surface area contributed by atoms with Crippen molar-refractivity contribution in [2.75, 3.05) is 33.1 Å². The maximum Gasteiger partial charge on any atom is 0.179 e. The van der Waals surface area contributed by atoms with Crippen molar-refractivity contribution >= 4 is 9.84 Å². The highest BCUT2D eigenvalue weighted by atomic mass is 32.2. The highest BCUT2D eigenvalue weighted by Crippen LogP contribution is 2.38. The van der Waals surface area contributed by atoms with Crippen LogP contribution in [-0.2, 0) is 9.84 Å². The van der Waals surface area contributed by atoms with E-state index in [1.165, 1.54) is 0 Å². The summed E-state index contributed by atoms with van der Waals surface area (Å²) in [7, 11) is 0.0210. The first kappa shape index (κ1) is 18.7. The second-order valence-corrected chi connectivity index (χ2v) is 8.54. The van der Waals surface area contributed by atoms with Crippen molar-refractivity contribution in [3.8, 4) is 11.5 Å². The fourth-order valence-electron chi connectivity index (χ4n) is 3.53. The van der Waals surface area contributed by atoms with Gasteiger partial charge in [-0.2, -0.15) is 0 Å². The lowest BCUT2D eigenvalue weighted by Gasteiger charge is -2.26. The van der Waals surface area contributed by atoms with Crippen molar-refractivity contribution in [3.05, 3.63) is 54.1 Å². The van der Waals surface area contributed by atoms with Gasteiger partial charge in [0.25, 0.3) is 0 Å². The van der Waals surface area contributed by atoms with Gasteiger partial charge in [-0.3, -0.25) is 4.90 Å². The van der Waals surface area contributed by atoms with Gasteiger partial charge in [0, 0.05) is 18.2 Å². The van der Waals surface area contributed by atoms with Crippen LogP contribution < -0.4 is 9.47 Å². The van der Waals surface area contributed by atoms with Crippen molar-refractivity contribution < 1.29 is 17.9 Å². The van der Waals surface area contributed by atoms with Crippen LogP contribution in [-0.4, -0.2) is 46.4 Å². The largest absolute Gasteiger partial charge is 0.497 e. The SMILES string of the molecule is COc1ccc(OC)c(C2CCCN2CCS(=O)(=O)c2ccccc2)c1. The Kier molecular flexibility index (Phi) is 5.84. The summed E-state index contributed by atoms with van der Waals surface area (Å²) in [5.74, 6) is 1.71. The minimum absolute atomic E-state index is 0.111. The van der Waals surface area contributed by atoms with Crippen LogP contribution in [0.1, 0.15) is 24.4 Å². The summed E-state index contributed by atoms with van der Waals surface area (Å²) in [6.07, 6.45) is 2.02. The van der Waals surface area contributed by atoms with Gasteiger partial charge in [-0.25, -0.2) is 8.42 Å². The smallest absolute Gasteiger partial charge is 0.179 e. The average Bonchev–Trinajstić information content (AvgIpc) is 3.15. The second kappa shape index (κ2) is 8.10. The maximum absolute atomic E-state index is 12.6. The molecule has 1 unspecified atom stereocenters. The van der Waals surface area contributed by atoms with Gasteiger partial charge in [0.15, 0.2) is 9.84 Å². The molecule has 1 fully saturated rings. The zero-order valence-electron chi connectivity index (χ0n) is 15.2. The van der Waals surface area contributed by atoms with Crippen LogP contribution in [0.4, 0.5) is 0 Å². The molecule has 140 valence electrons. The number of sulfone groups is 1. The molecule has 6 heteroatoms. The molecule has 0 bridgehead atoms. The van der Waals surface area contributed by atoms with Crippen LogP contribution in [0.3, 0.4) is 0 Å². The predicted octanol–water partition coefficient (Wildman–Crippen LogP) is 3.31. The van der Waals surface area contributed by atoms with E-state index in [1.54, 1.807) is 38.5 Å². The topological polar surface area (TPSA) is 55.8 Å². The Morgan fingerprint density at radius 2 is 1.85 bits per heavy atom. The summed E-state index contributed by atoms with van der Waals surface area (Å²) in [6, 6.07) is 14.6. The van der Waals surface area contributed by atoms with E-state index >= 15 is 0 Å². The standard InChI is InChI=1S/C20H25NO4S/c1-24-16-10-11-20(25-2)18(15-16)19-9-6-12-21(19)13-14-26(22,23)17-7-4-3-5-8-17/h3-5,7-8,10-11,15,19H,6,9,12-14H2,1-2H3. The van der Waals surface area contributed by atoms with Crippen LogP contribution >= 0.6 is 0 Å². The van der Waals surface area contributed by atoms with Gasteiger partial charge in [-0.1, -0.05) is 18.2 Å². The predicted molar refractivity (Wildman–Crippen MR) is 102 cm³/mol. The van der Waals surface area contributed by atoms with Gasteiger partial charge in [0.1, 0.15) is 11.5 Å². The molecule has 0 radical (unpaired) electrons. The van der Waals surface area contributed by atoms with E-state index in [0.717, 1.165) is 36.4 Å². The third-order valence-electron chi connectivity index (χ3n) is 4.91. The van der Waals surface area contributed by atoms with Crippen molar-refractivity contribution in [2.24, 2.45) is 0 Å².